The summed E-state index contributed by atoms with van der Waals surface area (Å²) in [6.07, 6.45) is -0.558. The number of carboxylic acid groups (broad SMARTS) is 1. The number of hydrogen-bond acceptors (Lipinski definition) is 5. The van der Waals surface area contributed by atoms with Gasteiger partial charge in [0.1, 0.15) is 18.2 Å². The monoisotopic (exact) mass is 466 g/mol. The third kappa shape index (κ3) is 4.63. The molecule has 8 nitrogen and oxygen atoms in total. The Labute approximate surface area is 198 Å². The van der Waals surface area contributed by atoms with Crippen molar-refractivity contribution in [3.63, 3.8) is 0 Å². The Morgan fingerprint density at radius 3 is 2.29 bits per heavy atom. The maximum Gasteiger partial charge on any atom is 0.407 e. The Hall–Kier alpha value is -3.39. The van der Waals surface area contributed by atoms with Gasteiger partial charge in [-0.1, -0.05) is 55.5 Å². The van der Waals surface area contributed by atoms with Crippen molar-refractivity contribution >= 4 is 18.0 Å². The minimum Gasteiger partial charge on any atom is -0.480 e. The van der Waals surface area contributed by atoms with Crippen molar-refractivity contribution in [3.8, 4) is 11.1 Å². The minimum atomic E-state index is -1.37. The van der Waals surface area contributed by atoms with Crippen LogP contribution in [0, 0.1) is 5.92 Å². The fourth-order valence-electron chi connectivity index (χ4n) is 4.63. The highest BCUT2D eigenvalue weighted by atomic mass is 16.5. The summed E-state index contributed by atoms with van der Waals surface area (Å²) in [6, 6.07) is 16.2. The number of rotatable bonds is 8. The highest BCUT2D eigenvalue weighted by Crippen LogP contribution is 2.44. The lowest BCUT2D eigenvalue weighted by atomic mass is 9.96. The van der Waals surface area contributed by atoms with E-state index in [-0.39, 0.29) is 31.4 Å². The second-order valence-corrected chi connectivity index (χ2v) is 9.03. The second kappa shape index (κ2) is 9.85. The van der Waals surface area contributed by atoms with E-state index in [1.165, 1.54) is 6.92 Å². The zero-order valence-electron chi connectivity index (χ0n) is 19.4. The van der Waals surface area contributed by atoms with Gasteiger partial charge in [0.05, 0.1) is 0 Å². The molecule has 180 valence electrons. The van der Waals surface area contributed by atoms with Gasteiger partial charge in [-0.25, -0.2) is 9.59 Å². The first-order valence-electron chi connectivity index (χ1n) is 11.6. The number of nitrogens with one attached hydrogen (secondary N) is 2. The molecule has 4 rings (SSSR count). The Morgan fingerprint density at radius 1 is 1.09 bits per heavy atom. The van der Waals surface area contributed by atoms with Crippen molar-refractivity contribution in [2.24, 2.45) is 5.92 Å². The smallest absolute Gasteiger partial charge is 0.407 e. The van der Waals surface area contributed by atoms with Crippen LogP contribution in [0.15, 0.2) is 48.5 Å². The van der Waals surface area contributed by atoms with Gasteiger partial charge in [0, 0.05) is 25.0 Å². The van der Waals surface area contributed by atoms with E-state index in [2.05, 4.69) is 34.9 Å². The molecule has 1 aliphatic heterocycles. The highest BCUT2D eigenvalue weighted by Gasteiger charge is 2.40. The summed E-state index contributed by atoms with van der Waals surface area (Å²) in [5.41, 5.74) is 3.21. The SMILES string of the molecule is CCC(C)(NC(=O)C1OCCC1CNC(=O)OCC1c2ccccc2-c2ccccc21)C(=O)O. The molecule has 0 radical (unpaired) electrons. The highest BCUT2D eigenvalue weighted by molar-refractivity contribution is 5.89. The number of aliphatic carboxylic acids is 1. The van der Waals surface area contributed by atoms with E-state index in [1.54, 1.807) is 6.92 Å². The maximum absolute atomic E-state index is 12.7. The molecule has 2 aromatic rings. The van der Waals surface area contributed by atoms with E-state index in [0.717, 1.165) is 22.3 Å². The molecule has 3 unspecified atom stereocenters. The molecule has 0 aromatic heterocycles. The lowest BCUT2D eigenvalue weighted by molar-refractivity contribution is -0.149. The van der Waals surface area contributed by atoms with Gasteiger partial charge in [0.25, 0.3) is 0 Å². The van der Waals surface area contributed by atoms with Gasteiger partial charge in [-0.2, -0.15) is 0 Å². The molecular formula is C26H30N2O6. The molecule has 8 heteroatoms. The first-order chi connectivity index (χ1) is 16.3. The zero-order valence-corrected chi connectivity index (χ0v) is 19.4. The summed E-state index contributed by atoms with van der Waals surface area (Å²) in [5, 5.41) is 14.7. The molecule has 34 heavy (non-hydrogen) atoms. The molecule has 2 amide bonds. The zero-order chi connectivity index (χ0) is 24.3. The van der Waals surface area contributed by atoms with Crippen molar-refractivity contribution in [1.29, 1.82) is 0 Å². The summed E-state index contributed by atoms with van der Waals surface area (Å²) < 4.78 is 11.1. The average Bonchev–Trinajstić information content (AvgIpc) is 3.44. The number of carboxylic acids is 1. The molecule has 1 fully saturated rings. The molecule has 2 aromatic carbocycles. The van der Waals surface area contributed by atoms with Crippen molar-refractivity contribution < 1.29 is 29.0 Å². The molecule has 3 N–H and O–H groups in total. The van der Waals surface area contributed by atoms with E-state index >= 15 is 0 Å². The Morgan fingerprint density at radius 2 is 1.71 bits per heavy atom. The molecule has 0 spiro atoms. The topological polar surface area (TPSA) is 114 Å². The first kappa shape index (κ1) is 23.8. The molecule has 1 heterocycles. The predicted molar refractivity (Wildman–Crippen MR) is 125 cm³/mol. The van der Waals surface area contributed by atoms with Crippen LogP contribution in [0.1, 0.15) is 43.7 Å². The van der Waals surface area contributed by atoms with Gasteiger partial charge in [0.15, 0.2) is 0 Å². The Balaban J connectivity index is 1.32. The van der Waals surface area contributed by atoms with Crippen LogP contribution in [-0.2, 0) is 19.1 Å². The molecule has 1 aliphatic carbocycles. The van der Waals surface area contributed by atoms with Crippen molar-refractivity contribution in [2.45, 2.75) is 44.2 Å². The van der Waals surface area contributed by atoms with Gasteiger partial charge < -0.3 is 25.2 Å². The number of fused-ring (bicyclic) bond motifs is 3. The summed E-state index contributed by atoms with van der Waals surface area (Å²) in [4.78, 5) is 36.6. The summed E-state index contributed by atoms with van der Waals surface area (Å²) in [6.45, 7) is 3.93. The van der Waals surface area contributed by atoms with Crippen LogP contribution in [0.3, 0.4) is 0 Å². The van der Waals surface area contributed by atoms with Crippen LogP contribution in [0.2, 0.25) is 0 Å². The Bertz CT molecular complexity index is 1040. The number of amides is 2. The molecule has 2 aliphatic rings. The summed E-state index contributed by atoms with van der Waals surface area (Å²) in [5.74, 6) is -1.89. The van der Waals surface area contributed by atoms with Crippen molar-refractivity contribution in [2.75, 3.05) is 19.8 Å². The van der Waals surface area contributed by atoms with Crippen LogP contribution in [0.4, 0.5) is 4.79 Å². The third-order valence-corrected chi connectivity index (χ3v) is 6.90. The van der Waals surface area contributed by atoms with Crippen LogP contribution in [0.25, 0.3) is 11.1 Å². The fraction of sp³-hybridized carbons (Fsp3) is 0.423. The van der Waals surface area contributed by atoms with E-state index < -0.39 is 29.6 Å². The normalized spacial score (nSPS) is 20.6. The van der Waals surface area contributed by atoms with Crippen molar-refractivity contribution in [3.05, 3.63) is 59.7 Å². The average molecular weight is 467 g/mol. The van der Waals surface area contributed by atoms with Crippen molar-refractivity contribution in [1.82, 2.24) is 10.6 Å². The number of carbonyl (C=O) groups excluding carboxylic acids is 2. The van der Waals surface area contributed by atoms with Crippen LogP contribution >= 0.6 is 0 Å². The molecule has 1 saturated heterocycles. The number of ether oxygens (including phenoxy) is 2. The predicted octanol–water partition coefficient (Wildman–Crippen LogP) is 3.30. The van der Waals surface area contributed by atoms with E-state index in [9.17, 15) is 19.5 Å². The Kier molecular flexibility index (Phi) is 6.88. The van der Waals surface area contributed by atoms with E-state index in [1.807, 2.05) is 24.3 Å². The fourth-order valence-corrected chi connectivity index (χ4v) is 4.63. The number of hydrogen-bond donors (Lipinski definition) is 3. The van der Waals surface area contributed by atoms with Gasteiger partial charge in [0.2, 0.25) is 5.91 Å². The molecule has 0 bridgehead atoms. The lowest BCUT2D eigenvalue weighted by Gasteiger charge is -2.27. The lowest BCUT2D eigenvalue weighted by Crippen LogP contribution is -2.55. The molecular weight excluding hydrogens is 436 g/mol. The van der Waals surface area contributed by atoms with E-state index in [4.69, 9.17) is 9.47 Å². The number of carbonyl (C=O) groups is 3. The maximum atomic E-state index is 12.7. The molecule has 3 atom stereocenters. The van der Waals surface area contributed by atoms with Crippen LogP contribution in [0.5, 0.6) is 0 Å². The van der Waals surface area contributed by atoms with Crippen LogP contribution in [-0.4, -0.2) is 54.5 Å². The minimum absolute atomic E-state index is 0.0331. The quantitative estimate of drug-likeness (QED) is 0.550. The summed E-state index contributed by atoms with van der Waals surface area (Å²) >= 11 is 0. The van der Waals surface area contributed by atoms with Gasteiger partial charge in [-0.15, -0.1) is 0 Å². The van der Waals surface area contributed by atoms with Crippen LogP contribution < -0.4 is 10.6 Å². The largest absolute Gasteiger partial charge is 0.480 e. The van der Waals surface area contributed by atoms with Gasteiger partial charge in [-0.05, 0) is 42.0 Å². The molecule has 0 saturated carbocycles. The van der Waals surface area contributed by atoms with Gasteiger partial charge >= 0.3 is 12.1 Å². The van der Waals surface area contributed by atoms with E-state index in [0.29, 0.717) is 13.0 Å². The number of benzene rings is 2. The third-order valence-electron chi connectivity index (χ3n) is 6.90. The standard InChI is InChI=1S/C26H30N2O6/c1-3-26(2,24(30)31)28-23(29)22-16(12-13-33-22)14-27-25(32)34-15-21-19-10-6-4-8-17(19)18-9-5-7-11-20(18)21/h4-11,16,21-22H,3,12-15H2,1-2H3,(H,27,32)(H,28,29)(H,30,31). The van der Waals surface area contributed by atoms with Gasteiger partial charge in [-0.3, -0.25) is 4.79 Å². The second-order valence-electron chi connectivity index (χ2n) is 9.03. The summed E-state index contributed by atoms with van der Waals surface area (Å²) in [7, 11) is 0. The number of alkyl carbamates (subject to hydrolysis) is 1. The first-order valence-corrected chi connectivity index (χ1v) is 11.6.